The summed E-state index contributed by atoms with van der Waals surface area (Å²) in [5, 5.41) is 0.212. The molecule has 6 rings (SSSR count). The number of nitrogens with zero attached hydrogens (tertiary/aromatic N) is 5. The first-order valence-electron chi connectivity index (χ1n) is 14.9. The Morgan fingerprint density at radius 3 is 2.38 bits per heavy atom. The minimum absolute atomic E-state index is 0.0836. The lowest BCUT2D eigenvalue weighted by Gasteiger charge is -2.45. The summed E-state index contributed by atoms with van der Waals surface area (Å²) >= 11 is 1.28. The second kappa shape index (κ2) is 11.7. The number of halogens is 4. The molecule has 0 radical (unpaired) electrons. The number of hydrogen-bond acceptors (Lipinski definition) is 7. The Balaban J connectivity index is 1.62. The molecule has 4 heterocycles. The summed E-state index contributed by atoms with van der Waals surface area (Å²) in [4.78, 5) is 37.1. The van der Waals surface area contributed by atoms with Crippen LogP contribution in [0.1, 0.15) is 26.3 Å². The predicted molar refractivity (Wildman–Crippen MR) is 166 cm³/mol. The molecule has 0 aliphatic carbocycles. The molecule has 2 saturated heterocycles. The van der Waals surface area contributed by atoms with Gasteiger partial charge in [-0.05, 0) is 50.6 Å². The van der Waals surface area contributed by atoms with Crippen LogP contribution in [0.15, 0.2) is 52.7 Å². The number of piperazine rings is 1. The molecule has 1 aromatic heterocycles. The molecule has 0 bridgehead atoms. The van der Waals surface area contributed by atoms with Gasteiger partial charge in [0, 0.05) is 71.9 Å². The van der Waals surface area contributed by atoms with Crippen LogP contribution in [0.3, 0.4) is 0 Å². The van der Waals surface area contributed by atoms with Gasteiger partial charge in [-0.15, -0.1) is 11.8 Å². The monoisotopic (exact) mass is 645 g/mol. The molecule has 3 aliphatic heterocycles. The number of amides is 1. The van der Waals surface area contributed by atoms with Gasteiger partial charge in [0.05, 0.1) is 24.3 Å². The maximum Gasteiger partial charge on any atom is 0.417 e. The molecule has 0 N–H and O–H groups in total. The molecule has 240 valence electrons. The van der Waals surface area contributed by atoms with Gasteiger partial charge in [0.2, 0.25) is 5.91 Å². The highest BCUT2D eigenvalue weighted by molar-refractivity contribution is 7.99. The van der Waals surface area contributed by atoms with Gasteiger partial charge >= 0.3 is 11.9 Å². The van der Waals surface area contributed by atoms with E-state index in [-0.39, 0.29) is 60.0 Å². The minimum Gasteiger partial charge on any atom is -0.379 e. The lowest BCUT2D eigenvalue weighted by Crippen LogP contribution is -2.59. The highest BCUT2D eigenvalue weighted by Crippen LogP contribution is 2.49. The lowest BCUT2D eigenvalue weighted by atomic mass is 9.95. The first-order chi connectivity index (χ1) is 21.3. The van der Waals surface area contributed by atoms with Crippen molar-refractivity contribution in [3.05, 3.63) is 64.9 Å². The molecule has 2 fully saturated rings. The number of carbonyl (C=O) groups excluding carboxylic acids is 1. The maximum absolute atomic E-state index is 15.0. The van der Waals surface area contributed by atoms with Gasteiger partial charge in [0.25, 0.3) is 0 Å². The molecule has 3 atom stereocenters. The fraction of sp³-hybridized carbons (Fsp3) is 0.469. The highest BCUT2D eigenvalue weighted by Gasteiger charge is 2.42. The van der Waals surface area contributed by atoms with Gasteiger partial charge in [-0.1, -0.05) is 18.7 Å². The summed E-state index contributed by atoms with van der Waals surface area (Å²) in [7, 11) is 0. The van der Waals surface area contributed by atoms with Crippen LogP contribution in [0.5, 0.6) is 0 Å². The van der Waals surface area contributed by atoms with E-state index in [4.69, 9.17) is 4.74 Å². The maximum atomic E-state index is 15.0. The van der Waals surface area contributed by atoms with E-state index in [2.05, 4.69) is 16.5 Å². The molecule has 3 aliphatic rings. The average molecular weight is 646 g/mol. The molecule has 1 amide bonds. The first kappa shape index (κ1) is 31.6. The Hall–Kier alpha value is -3.42. The summed E-state index contributed by atoms with van der Waals surface area (Å²) < 4.78 is 66.1. The van der Waals surface area contributed by atoms with E-state index in [9.17, 15) is 14.0 Å². The second-order valence-corrected chi connectivity index (χ2v) is 13.3. The molecule has 0 unspecified atom stereocenters. The number of carbonyl (C=O) groups is 1. The SMILES string of the molecule is C=CC(=O)N1[C@H](C)CN(c2nc(=O)n3c4c(c(-c5ccc(F)cc5)c(C(F)(F)F)cc24)SC[C@](C)(N2CCOCC2)C3)C[C@@H]1C. The van der Waals surface area contributed by atoms with Crippen LogP contribution in [0, 0.1) is 5.82 Å². The third-order valence-corrected chi connectivity index (χ3v) is 10.5. The van der Waals surface area contributed by atoms with Crippen molar-refractivity contribution in [1.82, 2.24) is 19.4 Å². The summed E-state index contributed by atoms with van der Waals surface area (Å²) in [6.45, 7) is 12.4. The number of thioether (sulfide) groups is 1. The number of morpholine rings is 1. The molecular weight excluding hydrogens is 610 g/mol. The number of rotatable bonds is 4. The fourth-order valence-corrected chi connectivity index (χ4v) is 8.45. The van der Waals surface area contributed by atoms with E-state index < -0.39 is 28.8 Å². The molecule has 2 aromatic carbocycles. The van der Waals surface area contributed by atoms with Crippen molar-refractivity contribution in [3.8, 4) is 11.1 Å². The van der Waals surface area contributed by atoms with Gasteiger partial charge in [-0.25, -0.2) is 9.18 Å². The molecule has 0 saturated carbocycles. The molecule has 45 heavy (non-hydrogen) atoms. The number of anilines is 1. The van der Waals surface area contributed by atoms with Gasteiger partial charge in [-0.3, -0.25) is 14.3 Å². The van der Waals surface area contributed by atoms with E-state index >= 15 is 13.2 Å². The Bertz CT molecular complexity index is 1690. The Morgan fingerprint density at radius 1 is 1.13 bits per heavy atom. The molecule has 13 heteroatoms. The van der Waals surface area contributed by atoms with Gasteiger partial charge < -0.3 is 14.5 Å². The summed E-state index contributed by atoms with van der Waals surface area (Å²) in [6.07, 6.45) is -3.52. The average Bonchev–Trinajstić information content (AvgIpc) is 3.17. The third kappa shape index (κ3) is 5.63. The van der Waals surface area contributed by atoms with Crippen molar-refractivity contribution < 1.29 is 27.1 Å². The van der Waals surface area contributed by atoms with E-state index in [0.717, 1.165) is 18.2 Å². The molecule has 8 nitrogen and oxygen atoms in total. The largest absolute Gasteiger partial charge is 0.417 e. The third-order valence-electron chi connectivity index (χ3n) is 9.09. The number of hydrogen-bond donors (Lipinski definition) is 0. The molecular formula is C32H35F4N5O3S. The van der Waals surface area contributed by atoms with Gasteiger partial charge in [-0.2, -0.15) is 18.2 Å². The van der Waals surface area contributed by atoms with Crippen molar-refractivity contribution in [2.45, 2.75) is 56.0 Å². The van der Waals surface area contributed by atoms with Crippen LogP contribution in [0.25, 0.3) is 22.0 Å². The summed E-state index contributed by atoms with van der Waals surface area (Å²) in [5.74, 6) is -0.237. The standard InChI is InChI=1S/C32H35F4N5O3S/c1-5-25(42)41-19(2)15-38(16-20(41)3)29-23-14-24(32(34,35)36)26(21-6-8-22(33)9-7-21)28-27(23)40(30(43)37-29)17-31(4,18-45-28)39-10-12-44-13-11-39/h5-9,14,19-20H,1,10-13,15-18H2,2-4H3/t19-,20+,31-/m1/s1. The van der Waals surface area contributed by atoms with E-state index in [1.54, 1.807) is 4.90 Å². The van der Waals surface area contributed by atoms with Crippen LogP contribution >= 0.6 is 11.8 Å². The van der Waals surface area contributed by atoms with Crippen molar-refractivity contribution in [3.63, 3.8) is 0 Å². The van der Waals surface area contributed by atoms with E-state index in [1.165, 1.54) is 34.5 Å². The van der Waals surface area contributed by atoms with Crippen LogP contribution in [-0.4, -0.2) is 88.0 Å². The number of aromatic nitrogens is 2. The number of alkyl halides is 3. The quantitative estimate of drug-likeness (QED) is 0.291. The number of ether oxygens (including phenoxy) is 1. The summed E-state index contributed by atoms with van der Waals surface area (Å²) in [6, 6.07) is 5.44. The highest BCUT2D eigenvalue weighted by atomic mass is 32.2. The van der Waals surface area contributed by atoms with E-state index in [1.807, 2.05) is 25.7 Å². The van der Waals surface area contributed by atoms with Crippen LogP contribution in [0.4, 0.5) is 23.4 Å². The van der Waals surface area contributed by atoms with Crippen molar-refractivity contribution in [2.75, 3.05) is 50.0 Å². The normalized spacial score (nSPS) is 24.5. The lowest BCUT2D eigenvalue weighted by molar-refractivity contribution is -0.137. The second-order valence-electron chi connectivity index (χ2n) is 12.3. The minimum atomic E-state index is -4.76. The molecule has 3 aromatic rings. The number of benzene rings is 2. The first-order valence-corrected chi connectivity index (χ1v) is 15.9. The van der Waals surface area contributed by atoms with E-state index in [0.29, 0.717) is 42.5 Å². The van der Waals surface area contributed by atoms with Crippen molar-refractivity contribution in [2.24, 2.45) is 0 Å². The van der Waals surface area contributed by atoms with Crippen molar-refractivity contribution >= 4 is 34.4 Å². The van der Waals surface area contributed by atoms with Crippen LogP contribution in [-0.2, 0) is 22.3 Å². The van der Waals surface area contributed by atoms with Crippen LogP contribution in [0.2, 0.25) is 0 Å². The Morgan fingerprint density at radius 2 is 1.78 bits per heavy atom. The fourth-order valence-electron chi connectivity index (χ4n) is 6.99. The van der Waals surface area contributed by atoms with Gasteiger partial charge in [0.15, 0.2) is 0 Å². The smallest absolute Gasteiger partial charge is 0.379 e. The zero-order valence-electron chi connectivity index (χ0n) is 25.4. The zero-order valence-corrected chi connectivity index (χ0v) is 26.2. The summed E-state index contributed by atoms with van der Waals surface area (Å²) in [5.41, 5.74) is -1.53. The van der Waals surface area contributed by atoms with Crippen molar-refractivity contribution in [1.29, 1.82) is 0 Å². The Kier molecular flexibility index (Phi) is 8.23. The molecule has 0 spiro atoms. The Labute approximate surface area is 262 Å². The van der Waals surface area contributed by atoms with Gasteiger partial charge in [0.1, 0.15) is 11.6 Å². The predicted octanol–water partition coefficient (Wildman–Crippen LogP) is 5.03. The van der Waals surface area contributed by atoms with Crippen LogP contribution < -0.4 is 10.6 Å². The zero-order chi connectivity index (χ0) is 32.3. The topological polar surface area (TPSA) is 70.9 Å².